The number of carbonyl (C=O) groups is 2. The van der Waals surface area contributed by atoms with Crippen molar-refractivity contribution in [1.82, 2.24) is 4.90 Å². The summed E-state index contributed by atoms with van der Waals surface area (Å²) >= 11 is 7.55. The Hall–Kier alpha value is -3.55. The molecule has 33 heavy (non-hydrogen) atoms. The van der Waals surface area contributed by atoms with Crippen molar-refractivity contribution in [3.05, 3.63) is 98.6 Å². The highest BCUT2D eigenvalue weighted by Gasteiger charge is 2.44. The lowest BCUT2D eigenvalue weighted by Crippen LogP contribution is -2.30. The van der Waals surface area contributed by atoms with E-state index in [2.05, 4.69) is 0 Å². The fourth-order valence-electron chi connectivity index (χ4n) is 4.04. The van der Waals surface area contributed by atoms with E-state index < -0.39 is 23.5 Å². The molecule has 8 heteroatoms. The number of amides is 1. The number of ether oxygens (including phenoxy) is 1. The van der Waals surface area contributed by atoms with E-state index in [0.717, 1.165) is 4.88 Å². The second-order valence-electron chi connectivity index (χ2n) is 7.58. The molecular formula is C25H18ClNO5S. The molecule has 0 saturated heterocycles. The minimum Gasteiger partial charge on any atom is -0.503 e. The maximum Gasteiger partial charge on any atom is 0.290 e. The quantitative estimate of drug-likeness (QED) is 0.346. The van der Waals surface area contributed by atoms with Gasteiger partial charge in [0.1, 0.15) is 11.3 Å². The van der Waals surface area contributed by atoms with Gasteiger partial charge in [-0.25, -0.2) is 0 Å². The first-order valence-corrected chi connectivity index (χ1v) is 11.4. The van der Waals surface area contributed by atoms with Gasteiger partial charge in [0.15, 0.2) is 11.5 Å². The topological polar surface area (TPSA) is 80.0 Å². The minimum atomic E-state index is -0.806. The highest BCUT2D eigenvalue weighted by Crippen LogP contribution is 2.41. The van der Waals surface area contributed by atoms with Crippen molar-refractivity contribution in [2.45, 2.75) is 12.6 Å². The van der Waals surface area contributed by atoms with Crippen LogP contribution in [0.25, 0.3) is 11.0 Å². The molecule has 5 rings (SSSR count). The number of benzene rings is 2. The van der Waals surface area contributed by atoms with Crippen LogP contribution in [0.1, 0.15) is 27.0 Å². The number of fused-ring (bicyclic) bond motifs is 1. The normalized spacial score (nSPS) is 16.1. The van der Waals surface area contributed by atoms with E-state index in [4.69, 9.17) is 20.8 Å². The van der Waals surface area contributed by atoms with Gasteiger partial charge < -0.3 is 19.2 Å². The first-order chi connectivity index (χ1) is 16.0. The van der Waals surface area contributed by atoms with Crippen molar-refractivity contribution < 1.29 is 23.8 Å². The molecule has 0 bridgehead atoms. The number of hydrogen-bond donors (Lipinski definition) is 1. The van der Waals surface area contributed by atoms with Gasteiger partial charge in [-0.1, -0.05) is 29.8 Å². The third kappa shape index (κ3) is 3.79. The van der Waals surface area contributed by atoms with Gasteiger partial charge in [-0.05, 0) is 53.4 Å². The van der Waals surface area contributed by atoms with Crippen molar-refractivity contribution >= 4 is 45.6 Å². The summed E-state index contributed by atoms with van der Waals surface area (Å²) in [6, 6.07) is 16.7. The summed E-state index contributed by atoms with van der Waals surface area (Å²) in [4.78, 5) is 29.1. The first-order valence-electron chi connectivity index (χ1n) is 10.1. The average molecular weight is 480 g/mol. The maximum absolute atomic E-state index is 13.6. The second-order valence-corrected chi connectivity index (χ2v) is 9.04. The molecule has 0 aliphatic carbocycles. The largest absolute Gasteiger partial charge is 0.503 e. The molecule has 0 radical (unpaired) electrons. The third-order valence-electron chi connectivity index (χ3n) is 5.57. The molecule has 1 amide bonds. The smallest absolute Gasteiger partial charge is 0.290 e. The van der Waals surface area contributed by atoms with E-state index in [1.54, 1.807) is 55.6 Å². The molecular weight excluding hydrogens is 462 g/mol. The molecule has 1 aliphatic rings. The average Bonchev–Trinajstić information content (AvgIpc) is 3.54. The molecule has 1 aliphatic heterocycles. The van der Waals surface area contributed by atoms with E-state index in [0.29, 0.717) is 27.3 Å². The van der Waals surface area contributed by atoms with Gasteiger partial charge in [-0.3, -0.25) is 9.59 Å². The van der Waals surface area contributed by atoms with Crippen LogP contribution < -0.4 is 4.74 Å². The number of rotatable bonds is 6. The Morgan fingerprint density at radius 1 is 1.18 bits per heavy atom. The Kier molecular flexibility index (Phi) is 5.44. The molecule has 2 aromatic carbocycles. The molecule has 1 N–H and O–H groups in total. The Labute approximate surface area is 198 Å². The molecule has 2 aromatic heterocycles. The summed E-state index contributed by atoms with van der Waals surface area (Å²) in [5.41, 5.74) is 1.10. The second kappa shape index (κ2) is 8.42. The number of thiophene rings is 1. The standard InChI is InChI=1S/C25H18ClNO5S/c1-31-17-5-2-4-14(11-17)22-21(24(29)25(30)27(22)13-18-6-3-9-33-18)23(28)20-12-15-10-16(26)7-8-19(15)32-20/h2-12,22,29H,13H2,1H3. The molecule has 0 spiro atoms. The summed E-state index contributed by atoms with van der Waals surface area (Å²) in [6.45, 7) is 0.245. The van der Waals surface area contributed by atoms with Crippen molar-refractivity contribution in [2.24, 2.45) is 0 Å². The zero-order valence-corrected chi connectivity index (χ0v) is 19.0. The van der Waals surface area contributed by atoms with Gasteiger partial charge in [0.05, 0.1) is 25.3 Å². The van der Waals surface area contributed by atoms with Crippen molar-refractivity contribution in [2.75, 3.05) is 7.11 Å². The summed E-state index contributed by atoms with van der Waals surface area (Å²) in [5.74, 6) is -1.16. The Morgan fingerprint density at radius 3 is 2.79 bits per heavy atom. The SMILES string of the molecule is COc1cccc(C2C(C(=O)c3cc4cc(Cl)ccc4o3)=C(O)C(=O)N2Cc2cccs2)c1. The van der Waals surface area contributed by atoms with E-state index >= 15 is 0 Å². The fraction of sp³-hybridized carbons (Fsp3) is 0.120. The highest BCUT2D eigenvalue weighted by atomic mass is 35.5. The zero-order valence-electron chi connectivity index (χ0n) is 17.4. The summed E-state index contributed by atoms with van der Waals surface area (Å²) in [7, 11) is 1.54. The van der Waals surface area contributed by atoms with Crippen molar-refractivity contribution in [1.29, 1.82) is 0 Å². The van der Waals surface area contributed by atoms with Gasteiger partial charge >= 0.3 is 0 Å². The van der Waals surface area contributed by atoms with Gasteiger partial charge in [-0.2, -0.15) is 0 Å². The molecule has 3 heterocycles. The lowest BCUT2D eigenvalue weighted by Gasteiger charge is -2.26. The number of carbonyl (C=O) groups excluding carboxylic acids is 2. The Morgan fingerprint density at radius 2 is 2.03 bits per heavy atom. The van der Waals surface area contributed by atoms with E-state index in [9.17, 15) is 14.7 Å². The number of halogens is 1. The molecule has 1 unspecified atom stereocenters. The van der Waals surface area contributed by atoms with Crippen LogP contribution in [0.15, 0.2) is 81.8 Å². The van der Waals surface area contributed by atoms with Gasteiger partial charge in [0.2, 0.25) is 5.78 Å². The predicted molar refractivity (Wildman–Crippen MR) is 126 cm³/mol. The van der Waals surface area contributed by atoms with E-state index in [1.165, 1.54) is 16.2 Å². The van der Waals surface area contributed by atoms with Gasteiger partial charge in [0.25, 0.3) is 5.91 Å². The highest BCUT2D eigenvalue weighted by molar-refractivity contribution is 7.09. The molecule has 0 saturated carbocycles. The maximum atomic E-state index is 13.6. The van der Waals surface area contributed by atoms with Crippen LogP contribution in [0.4, 0.5) is 0 Å². The lowest BCUT2D eigenvalue weighted by molar-refractivity contribution is -0.130. The minimum absolute atomic E-state index is 0.0208. The molecule has 166 valence electrons. The molecule has 0 fully saturated rings. The van der Waals surface area contributed by atoms with Gasteiger partial charge in [0, 0.05) is 15.3 Å². The van der Waals surface area contributed by atoms with Crippen LogP contribution in [-0.4, -0.2) is 28.8 Å². The zero-order chi connectivity index (χ0) is 23.1. The number of methoxy groups -OCH3 is 1. The number of nitrogens with zero attached hydrogens (tertiary/aromatic N) is 1. The number of aliphatic hydroxyl groups is 1. The molecule has 4 aromatic rings. The molecule has 6 nitrogen and oxygen atoms in total. The third-order valence-corrected chi connectivity index (χ3v) is 6.66. The van der Waals surface area contributed by atoms with Crippen LogP contribution in [0.3, 0.4) is 0 Å². The summed E-state index contributed by atoms with van der Waals surface area (Å²) in [5, 5.41) is 13.9. The predicted octanol–water partition coefficient (Wildman–Crippen LogP) is 5.93. The number of hydrogen-bond acceptors (Lipinski definition) is 6. The van der Waals surface area contributed by atoms with Crippen molar-refractivity contribution in [3.8, 4) is 5.75 Å². The van der Waals surface area contributed by atoms with E-state index in [1.807, 2.05) is 17.5 Å². The number of aliphatic hydroxyl groups excluding tert-OH is 1. The number of Topliss-reactive ketones (excluding diaryl/α,β-unsaturated/α-hetero) is 1. The van der Waals surface area contributed by atoms with Crippen molar-refractivity contribution in [3.63, 3.8) is 0 Å². The Bertz CT molecular complexity index is 1410. The monoisotopic (exact) mass is 479 g/mol. The summed E-state index contributed by atoms with van der Waals surface area (Å²) < 4.78 is 11.1. The van der Waals surface area contributed by atoms with Crippen LogP contribution >= 0.6 is 22.9 Å². The number of furan rings is 1. The Balaban J connectivity index is 1.61. The van der Waals surface area contributed by atoms with Crippen LogP contribution in [0.2, 0.25) is 5.02 Å². The van der Waals surface area contributed by atoms with Crippen LogP contribution in [0.5, 0.6) is 5.75 Å². The van der Waals surface area contributed by atoms with Gasteiger partial charge in [-0.15, -0.1) is 11.3 Å². The molecule has 1 atom stereocenters. The first kappa shape index (κ1) is 21.3. The van der Waals surface area contributed by atoms with E-state index in [-0.39, 0.29) is 17.9 Å². The lowest BCUT2D eigenvalue weighted by atomic mass is 9.95. The van der Waals surface area contributed by atoms with Crippen LogP contribution in [0, 0.1) is 0 Å². The summed E-state index contributed by atoms with van der Waals surface area (Å²) in [6.07, 6.45) is 0. The number of ketones is 1. The van der Waals surface area contributed by atoms with Crippen LogP contribution in [-0.2, 0) is 11.3 Å². The fourth-order valence-corrected chi connectivity index (χ4v) is 4.92.